The lowest BCUT2D eigenvalue weighted by molar-refractivity contribution is -0.262. The van der Waals surface area contributed by atoms with Crippen LogP contribution in [-0.2, 0) is 34.9 Å². The van der Waals surface area contributed by atoms with Gasteiger partial charge in [0.05, 0.1) is 42.1 Å². The number of rotatable bonds is 12. The third-order valence-corrected chi connectivity index (χ3v) is 14.0. The first-order valence-corrected chi connectivity index (χ1v) is 22.2. The van der Waals surface area contributed by atoms with Crippen molar-refractivity contribution in [3.63, 3.8) is 0 Å². The molecule has 340 valence electrons. The van der Waals surface area contributed by atoms with Crippen LogP contribution in [0.15, 0.2) is 30.5 Å². The number of nitrogens with zero attached hydrogens (tertiary/aromatic N) is 5. The second-order valence-corrected chi connectivity index (χ2v) is 19.0. The molecule has 0 aliphatic carbocycles. The maximum Gasteiger partial charge on any atom is 0.337 e. The lowest BCUT2D eigenvalue weighted by Gasteiger charge is -2.44. The third-order valence-electron chi connectivity index (χ3n) is 12.5. The van der Waals surface area contributed by atoms with Crippen molar-refractivity contribution in [2.45, 2.75) is 145 Å². The van der Waals surface area contributed by atoms with Crippen LogP contribution in [-0.4, -0.2) is 152 Å². The molecule has 17 heteroatoms. The zero-order valence-corrected chi connectivity index (χ0v) is 39.3. The van der Waals surface area contributed by atoms with Crippen molar-refractivity contribution >= 4 is 34.5 Å². The summed E-state index contributed by atoms with van der Waals surface area (Å²) in [6.45, 7) is 13.3. The molecule has 60 heavy (non-hydrogen) atoms. The number of carbonyl (C=O) groups is 2. The number of ether oxygens (including phenoxy) is 5. The van der Waals surface area contributed by atoms with E-state index in [1.54, 1.807) is 44.3 Å². The summed E-state index contributed by atoms with van der Waals surface area (Å²) in [5.74, 6) is -1.87. The number of aromatic nitrogens is 3. The number of methoxy groups -OCH3 is 2. The Balaban J connectivity index is 1.46. The predicted molar refractivity (Wildman–Crippen MR) is 231 cm³/mol. The number of hydrogen-bond acceptors (Lipinski definition) is 14. The first-order chi connectivity index (χ1) is 28.1. The van der Waals surface area contributed by atoms with Gasteiger partial charge in [0, 0.05) is 51.3 Å². The van der Waals surface area contributed by atoms with Gasteiger partial charge in [0.1, 0.15) is 30.5 Å². The van der Waals surface area contributed by atoms with Crippen LogP contribution in [0.1, 0.15) is 108 Å². The topological polar surface area (TPSA) is 178 Å². The number of aliphatic hydroxyl groups is 3. The molecule has 1 aromatic heterocycles. The smallest absolute Gasteiger partial charge is 0.337 e. The Kier molecular flexibility index (Phi) is 18.3. The molecule has 2 aliphatic heterocycles. The SMILES string of the molecule is COC(=O)c1ccc([C@@H](OC)[C@@H](CF)n2cc(CCN(C)[C@@H]3C[C@H](O[C@@H]4[C@@H](C)C[C@@H](C)C(=O)O[C@H](I)[C@@](C)(O)[C@H](O)[C@@H](C)N(C)C[C@H](C)C[C@@]4(C)O)O[C@H](C)C3)nn2)cc1. The molecule has 3 heterocycles. The number of cyclic esters (lactones) is 1. The van der Waals surface area contributed by atoms with Crippen LogP contribution in [0.4, 0.5) is 4.39 Å². The van der Waals surface area contributed by atoms with Crippen LogP contribution in [0.25, 0.3) is 0 Å². The Hall–Kier alpha value is -2.36. The summed E-state index contributed by atoms with van der Waals surface area (Å²) in [6, 6.07) is 5.47. The van der Waals surface area contributed by atoms with Crippen LogP contribution in [0.3, 0.4) is 0 Å². The fourth-order valence-corrected chi connectivity index (χ4v) is 9.51. The standard InChI is InChI=1S/C43H69FIN5O10/c1-25-21-42(6,54)38(26(2)18-27(3)39(52)60-41(45)43(7,55)37(51)29(5)49(9)23-25)59-35-20-33(19-28(4)58-35)48(8)17-16-32-24-50(47-46-32)34(22-44)36(56-10)30-12-14-31(15-13-30)40(53)57-11/h12-15,24-29,33-38,41,51,54-55H,16-23H2,1-11H3/t25-,26+,27-,28-,29-,33+,34-,35+,36-,37-,38-,41+,42-,43+/m1/s1. The van der Waals surface area contributed by atoms with Crippen molar-refractivity contribution in [3.05, 3.63) is 47.3 Å². The molecule has 4 rings (SSSR count). The molecule has 2 saturated heterocycles. The van der Waals surface area contributed by atoms with Crippen LogP contribution < -0.4 is 0 Å². The van der Waals surface area contributed by atoms with Crippen LogP contribution >= 0.6 is 22.6 Å². The number of benzene rings is 1. The van der Waals surface area contributed by atoms with Crippen molar-refractivity contribution in [1.82, 2.24) is 24.8 Å². The molecule has 3 N–H and O–H groups in total. The van der Waals surface area contributed by atoms with E-state index in [0.29, 0.717) is 55.6 Å². The van der Waals surface area contributed by atoms with Crippen molar-refractivity contribution in [2.75, 3.05) is 48.1 Å². The second-order valence-electron chi connectivity index (χ2n) is 17.9. The zero-order chi connectivity index (χ0) is 44.7. The number of likely N-dealkylation sites (N-methyl/N-ethyl adjacent to an activating group) is 2. The number of alkyl halides is 2. The van der Waals surface area contributed by atoms with Gasteiger partial charge in [-0.05, 0) is 113 Å². The van der Waals surface area contributed by atoms with Crippen molar-refractivity contribution in [2.24, 2.45) is 17.8 Å². The van der Waals surface area contributed by atoms with Gasteiger partial charge >= 0.3 is 11.9 Å². The molecule has 0 saturated carbocycles. The lowest BCUT2D eigenvalue weighted by Crippen LogP contribution is -2.57. The van der Waals surface area contributed by atoms with E-state index < -0.39 is 76.5 Å². The van der Waals surface area contributed by atoms with Gasteiger partial charge in [0.15, 0.2) is 10.4 Å². The second kappa shape index (κ2) is 21.8. The van der Waals surface area contributed by atoms with E-state index in [1.165, 1.54) is 25.8 Å². The average Bonchev–Trinajstić information content (AvgIpc) is 3.67. The number of halogens is 2. The molecule has 14 atom stereocenters. The monoisotopic (exact) mass is 961 g/mol. The van der Waals surface area contributed by atoms with Crippen LogP contribution in [0.5, 0.6) is 0 Å². The normalized spacial score (nSPS) is 35.2. The van der Waals surface area contributed by atoms with E-state index in [4.69, 9.17) is 23.7 Å². The summed E-state index contributed by atoms with van der Waals surface area (Å²) in [5, 5.41) is 43.4. The van der Waals surface area contributed by atoms with Crippen LogP contribution in [0, 0.1) is 17.8 Å². The summed E-state index contributed by atoms with van der Waals surface area (Å²) >= 11 is 1.87. The summed E-state index contributed by atoms with van der Waals surface area (Å²) in [4.78, 5) is 29.5. The number of hydrogen-bond donors (Lipinski definition) is 3. The minimum Gasteiger partial charge on any atom is -0.465 e. The minimum atomic E-state index is -1.71. The Labute approximate surface area is 368 Å². The molecule has 0 bridgehead atoms. The first-order valence-electron chi connectivity index (χ1n) is 21.0. The number of carbonyl (C=O) groups excluding carboxylic acids is 2. The zero-order valence-electron chi connectivity index (χ0n) is 37.2. The molecule has 0 unspecified atom stereocenters. The summed E-state index contributed by atoms with van der Waals surface area (Å²) in [7, 11) is 6.72. The summed E-state index contributed by atoms with van der Waals surface area (Å²) in [5.41, 5.74) is -1.26. The van der Waals surface area contributed by atoms with Gasteiger partial charge in [-0.2, -0.15) is 0 Å². The highest BCUT2D eigenvalue weighted by atomic mass is 127. The molecule has 2 aromatic rings. The molecule has 2 aliphatic rings. The van der Waals surface area contributed by atoms with E-state index in [1.807, 2.05) is 69.3 Å². The van der Waals surface area contributed by atoms with E-state index in [0.717, 1.165) is 6.42 Å². The van der Waals surface area contributed by atoms with Gasteiger partial charge in [-0.25, -0.2) is 13.9 Å². The highest BCUT2D eigenvalue weighted by molar-refractivity contribution is 14.1. The summed E-state index contributed by atoms with van der Waals surface area (Å²) in [6.07, 6.45) is 0.953. The van der Waals surface area contributed by atoms with E-state index in [2.05, 4.69) is 15.2 Å². The highest BCUT2D eigenvalue weighted by Gasteiger charge is 2.47. The Morgan fingerprint density at radius 1 is 1.10 bits per heavy atom. The Morgan fingerprint density at radius 2 is 1.77 bits per heavy atom. The average molecular weight is 962 g/mol. The van der Waals surface area contributed by atoms with Gasteiger partial charge in [-0.1, -0.05) is 38.1 Å². The summed E-state index contributed by atoms with van der Waals surface area (Å²) < 4.78 is 44.5. The predicted octanol–water partition coefficient (Wildman–Crippen LogP) is 4.91. The van der Waals surface area contributed by atoms with Crippen molar-refractivity contribution in [3.8, 4) is 0 Å². The van der Waals surface area contributed by atoms with Gasteiger partial charge in [0.25, 0.3) is 0 Å². The molecule has 2 fully saturated rings. The molecule has 0 amide bonds. The Bertz CT molecular complexity index is 1670. The molecular formula is C43H69FIN5O10. The van der Waals surface area contributed by atoms with Gasteiger partial charge in [-0.15, -0.1) is 5.10 Å². The van der Waals surface area contributed by atoms with E-state index >= 15 is 0 Å². The molecular weight excluding hydrogens is 892 g/mol. The van der Waals surface area contributed by atoms with Crippen molar-refractivity contribution in [1.29, 1.82) is 0 Å². The van der Waals surface area contributed by atoms with Gasteiger partial charge in [0.2, 0.25) is 0 Å². The highest BCUT2D eigenvalue weighted by Crippen LogP contribution is 2.37. The van der Waals surface area contributed by atoms with Crippen LogP contribution in [0.2, 0.25) is 0 Å². The van der Waals surface area contributed by atoms with E-state index in [-0.39, 0.29) is 24.0 Å². The minimum absolute atomic E-state index is 0.0260. The van der Waals surface area contributed by atoms with Crippen molar-refractivity contribution < 1.29 is 53.0 Å². The molecule has 1 aromatic carbocycles. The molecule has 0 spiro atoms. The number of aliphatic hydroxyl groups excluding tert-OH is 1. The fraction of sp³-hybridized carbons (Fsp3) is 0.767. The third kappa shape index (κ3) is 12.6. The quantitative estimate of drug-likeness (QED) is 0.149. The first kappa shape index (κ1) is 50.3. The van der Waals surface area contributed by atoms with E-state index in [9.17, 15) is 29.3 Å². The molecule has 0 radical (unpaired) electrons. The van der Waals surface area contributed by atoms with Gasteiger partial charge < -0.3 is 48.8 Å². The Morgan fingerprint density at radius 3 is 2.38 bits per heavy atom. The largest absolute Gasteiger partial charge is 0.465 e. The lowest BCUT2D eigenvalue weighted by atomic mass is 9.79. The maximum atomic E-state index is 14.6. The molecule has 15 nitrogen and oxygen atoms in total. The number of esters is 2. The fourth-order valence-electron chi connectivity index (χ4n) is 8.89. The van der Waals surface area contributed by atoms with Gasteiger partial charge in [-0.3, -0.25) is 4.79 Å². The maximum absolute atomic E-state index is 14.6.